The molecule has 0 radical (unpaired) electrons. The Morgan fingerprint density at radius 1 is 1.47 bits per heavy atom. The molecule has 90 valence electrons. The number of rotatable bonds is 6. The molecule has 15 heavy (non-hydrogen) atoms. The first-order valence-electron chi connectivity index (χ1n) is 5.33. The highest BCUT2D eigenvalue weighted by Crippen LogP contribution is 2.23. The molecule has 0 bridgehead atoms. The molecule has 1 saturated carbocycles. The topological polar surface area (TPSA) is 75.4 Å². The molecule has 1 rings (SSSR count). The largest absolute Gasteiger partial charge is 0.329 e. The molecule has 0 amide bonds. The molecule has 1 aliphatic carbocycles. The molecule has 5 nitrogen and oxygen atoms in total. The molecule has 6 heteroatoms. The maximum Gasteiger partial charge on any atom is 0.280 e. The van der Waals surface area contributed by atoms with E-state index in [9.17, 15) is 8.42 Å². The van der Waals surface area contributed by atoms with Gasteiger partial charge in [-0.2, -0.15) is 17.4 Å². The van der Waals surface area contributed by atoms with Crippen LogP contribution in [0.1, 0.15) is 33.6 Å². The Balaban J connectivity index is 2.80. The molecule has 0 spiro atoms. The van der Waals surface area contributed by atoms with E-state index >= 15 is 0 Å². The molecule has 1 fully saturated rings. The van der Waals surface area contributed by atoms with Crippen LogP contribution >= 0.6 is 0 Å². The molecule has 0 unspecified atom stereocenters. The summed E-state index contributed by atoms with van der Waals surface area (Å²) >= 11 is 0. The second-order valence-corrected chi connectivity index (χ2v) is 6.21. The maximum absolute atomic E-state index is 12.0. The summed E-state index contributed by atoms with van der Waals surface area (Å²) in [5, 5.41) is 0. The SMILES string of the molecule is CCN(C(C)(C)CN)S(=O)(=O)NC1CC1. The Labute approximate surface area is 92.2 Å². The smallest absolute Gasteiger partial charge is 0.280 e. The van der Waals surface area contributed by atoms with Gasteiger partial charge in [-0.25, -0.2) is 0 Å². The van der Waals surface area contributed by atoms with Crippen LogP contribution in [0, 0.1) is 0 Å². The van der Waals surface area contributed by atoms with Crippen LogP contribution in [0.5, 0.6) is 0 Å². The first kappa shape index (κ1) is 12.9. The molecular formula is C9H21N3O2S. The van der Waals surface area contributed by atoms with Gasteiger partial charge in [0.1, 0.15) is 0 Å². The van der Waals surface area contributed by atoms with Gasteiger partial charge in [-0.15, -0.1) is 0 Å². The fourth-order valence-corrected chi connectivity index (χ4v) is 3.35. The van der Waals surface area contributed by atoms with Gasteiger partial charge in [0.25, 0.3) is 10.2 Å². The van der Waals surface area contributed by atoms with Crippen molar-refractivity contribution in [2.45, 2.75) is 45.2 Å². The third-order valence-electron chi connectivity index (χ3n) is 2.64. The standard InChI is InChI=1S/C9H21N3O2S/c1-4-12(9(2,3)7-10)15(13,14)11-8-5-6-8/h8,11H,4-7,10H2,1-3H3. The van der Waals surface area contributed by atoms with Crippen molar-refractivity contribution in [2.24, 2.45) is 5.73 Å². The monoisotopic (exact) mass is 235 g/mol. The summed E-state index contributed by atoms with van der Waals surface area (Å²) < 4.78 is 28.0. The van der Waals surface area contributed by atoms with E-state index in [1.54, 1.807) is 0 Å². The molecular weight excluding hydrogens is 214 g/mol. The van der Waals surface area contributed by atoms with Crippen molar-refractivity contribution in [2.75, 3.05) is 13.1 Å². The van der Waals surface area contributed by atoms with Crippen molar-refractivity contribution >= 4 is 10.2 Å². The third kappa shape index (κ3) is 3.14. The van der Waals surface area contributed by atoms with E-state index < -0.39 is 15.7 Å². The van der Waals surface area contributed by atoms with Crippen LogP contribution in [0.15, 0.2) is 0 Å². The van der Waals surface area contributed by atoms with Gasteiger partial charge in [0, 0.05) is 24.7 Å². The number of nitrogens with zero attached hydrogens (tertiary/aromatic N) is 1. The van der Waals surface area contributed by atoms with Crippen molar-refractivity contribution < 1.29 is 8.42 Å². The lowest BCUT2D eigenvalue weighted by molar-refractivity contribution is 0.241. The zero-order chi connectivity index (χ0) is 11.7. The summed E-state index contributed by atoms with van der Waals surface area (Å²) in [5.41, 5.74) is 5.06. The Morgan fingerprint density at radius 3 is 2.33 bits per heavy atom. The van der Waals surface area contributed by atoms with Gasteiger partial charge in [-0.1, -0.05) is 6.92 Å². The third-order valence-corrected chi connectivity index (χ3v) is 4.61. The summed E-state index contributed by atoms with van der Waals surface area (Å²) in [6, 6.07) is 0.137. The zero-order valence-corrected chi connectivity index (χ0v) is 10.5. The van der Waals surface area contributed by atoms with Crippen molar-refractivity contribution in [3.05, 3.63) is 0 Å². The van der Waals surface area contributed by atoms with E-state index in [0.717, 1.165) is 12.8 Å². The average molecular weight is 235 g/mol. The van der Waals surface area contributed by atoms with Crippen molar-refractivity contribution in [3.8, 4) is 0 Å². The van der Waals surface area contributed by atoms with Crippen molar-refractivity contribution in [3.63, 3.8) is 0 Å². The molecule has 0 aromatic heterocycles. The van der Waals surface area contributed by atoms with Crippen LogP contribution in [0.2, 0.25) is 0 Å². The van der Waals surface area contributed by atoms with Gasteiger partial charge in [-0.3, -0.25) is 0 Å². The summed E-state index contributed by atoms with van der Waals surface area (Å²) in [7, 11) is -3.38. The van der Waals surface area contributed by atoms with Gasteiger partial charge in [0.15, 0.2) is 0 Å². The highest BCUT2D eigenvalue weighted by Gasteiger charge is 2.37. The first-order chi connectivity index (χ1) is 6.83. The van der Waals surface area contributed by atoms with Gasteiger partial charge >= 0.3 is 0 Å². The highest BCUT2D eigenvalue weighted by molar-refractivity contribution is 7.87. The fourth-order valence-electron chi connectivity index (χ4n) is 1.50. The minimum Gasteiger partial charge on any atom is -0.329 e. The van der Waals surface area contributed by atoms with E-state index in [-0.39, 0.29) is 6.04 Å². The molecule has 0 atom stereocenters. The van der Waals surface area contributed by atoms with E-state index in [1.165, 1.54) is 4.31 Å². The summed E-state index contributed by atoms with van der Waals surface area (Å²) in [6.45, 7) is 6.24. The van der Waals surface area contributed by atoms with Gasteiger partial charge < -0.3 is 5.73 Å². The van der Waals surface area contributed by atoms with Gasteiger partial charge in [0.05, 0.1) is 0 Å². The zero-order valence-electron chi connectivity index (χ0n) is 9.66. The van der Waals surface area contributed by atoms with Crippen LogP contribution in [-0.4, -0.2) is 37.4 Å². The molecule has 0 heterocycles. The van der Waals surface area contributed by atoms with Crippen LogP contribution in [0.3, 0.4) is 0 Å². The van der Waals surface area contributed by atoms with E-state index in [0.29, 0.717) is 13.1 Å². The predicted molar refractivity (Wildman–Crippen MR) is 60.6 cm³/mol. The van der Waals surface area contributed by atoms with E-state index in [1.807, 2.05) is 20.8 Å². The molecule has 0 aromatic rings. The van der Waals surface area contributed by atoms with Gasteiger partial charge in [-0.05, 0) is 26.7 Å². The molecule has 1 aliphatic rings. The first-order valence-corrected chi connectivity index (χ1v) is 6.77. The summed E-state index contributed by atoms with van der Waals surface area (Å²) in [6.07, 6.45) is 1.89. The average Bonchev–Trinajstić information content (AvgIpc) is 2.87. The van der Waals surface area contributed by atoms with E-state index in [2.05, 4.69) is 4.72 Å². The van der Waals surface area contributed by atoms with Crippen LogP contribution in [0.4, 0.5) is 0 Å². The normalized spacial score (nSPS) is 18.5. The lowest BCUT2D eigenvalue weighted by atomic mass is 10.1. The quantitative estimate of drug-likeness (QED) is 0.682. The van der Waals surface area contributed by atoms with Crippen LogP contribution in [-0.2, 0) is 10.2 Å². The van der Waals surface area contributed by atoms with Crippen LogP contribution < -0.4 is 10.5 Å². The minimum atomic E-state index is -3.38. The van der Waals surface area contributed by atoms with Crippen molar-refractivity contribution in [1.82, 2.24) is 9.03 Å². The molecule has 0 aromatic carbocycles. The number of likely N-dealkylation sites (N-methyl/N-ethyl adjacent to an activating group) is 1. The van der Waals surface area contributed by atoms with Crippen LogP contribution in [0.25, 0.3) is 0 Å². The second-order valence-electron chi connectivity index (χ2n) is 4.58. The minimum absolute atomic E-state index is 0.137. The Morgan fingerprint density at radius 2 is 2.00 bits per heavy atom. The van der Waals surface area contributed by atoms with Crippen molar-refractivity contribution in [1.29, 1.82) is 0 Å². The predicted octanol–water partition coefficient (Wildman–Crippen LogP) is 0.0424. The summed E-state index contributed by atoms with van der Waals surface area (Å²) in [4.78, 5) is 0. The number of nitrogens with two attached hydrogens (primary N) is 1. The van der Waals surface area contributed by atoms with Gasteiger partial charge in [0.2, 0.25) is 0 Å². The lowest BCUT2D eigenvalue weighted by Crippen LogP contribution is -2.55. The second kappa shape index (κ2) is 4.37. The fraction of sp³-hybridized carbons (Fsp3) is 1.00. The Hall–Kier alpha value is -0.170. The highest BCUT2D eigenvalue weighted by atomic mass is 32.2. The lowest BCUT2D eigenvalue weighted by Gasteiger charge is -2.35. The number of nitrogens with one attached hydrogen (secondary N) is 1. The summed E-state index contributed by atoms with van der Waals surface area (Å²) in [5.74, 6) is 0. The number of hydrogen-bond donors (Lipinski definition) is 2. The Kier molecular flexibility index (Phi) is 3.76. The maximum atomic E-state index is 12.0. The molecule has 0 aliphatic heterocycles. The molecule has 0 saturated heterocycles. The molecule has 3 N–H and O–H groups in total. The Bertz CT molecular complexity index is 309. The number of hydrogen-bond acceptors (Lipinski definition) is 3. The van der Waals surface area contributed by atoms with E-state index in [4.69, 9.17) is 5.73 Å².